The van der Waals surface area contributed by atoms with Crippen molar-refractivity contribution in [3.05, 3.63) is 65.0 Å². The third kappa shape index (κ3) is 5.55. The van der Waals surface area contributed by atoms with Crippen molar-refractivity contribution in [3.8, 4) is 5.75 Å². The van der Waals surface area contributed by atoms with E-state index < -0.39 is 5.82 Å². The minimum atomic E-state index is -0.394. The van der Waals surface area contributed by atoms with Crippen LogP contribution in [0.4, 0.5) is 4.39 Å². The second kappa shape index (κ2) is 9.85. The van der Waals surface area contributed by atoms with E-state index in [0.717, 1.165) is 38.3 Å². The molecule has 0 spiro atoms. The molecule has 1 fully saturated rings. The van der Waals surface area contributed by atoms with E-state index in [2.05, 4.69) is 41.4 Å². The summed E-state index contributed by atoms with van der Waals surface area (Å²) in [6, 6.07) is 13.2. The molecule has 0 aliphatic carbocycles. The van der Waals surface area contributed by atoms with Crippen LogP contribution in [0.3, 0.4) is 0 Å². The molecule has 1 saturated heterocycles. The van der Waals surface area contributed by atoms with Crippen molar-refractivity contribution < 1.29 is 13.9 Å². The number of benzene rings is 2. The number of piperazine rings is 1. The molecule has 1 heterocycles. The van der Waals surface area contributed by atoms with Crippen molar-refractivity contribution in [1.29, 1.82) is 0 Å². The molecule has 5 nitrogen and oxygen atoms in total. The van der Waals surface area contributed by atoms with E-state index in [9.17, 15) is 9.18 Å². The third-order valence-corrected chi connectivity index (χ3v) is 5.62. The second-order valence-electron chi connectivity index (χ2n) is 7.58. The van der Waals surface area contributed by atoms with Gasteiger partial charge in [-0.3, -0.25) is 9.69 Å². The van der Waals surface area contributed by atoms with Gasteiger partial charge in [-0.1, -0.05) is 30.3 Å². The van der Waals surface area contributed by atoms with Gasteiger partial charge in [0.05, 0.1) is 13.7 Å². The molecular formula is C23H30FN3O2. The molecule has 2 aromatic carbocycles. The molecule has 156 valence electrons. The smallest absolute Gasteiger partial charge is 0.236 e. The van der Waals surface area contributed by atoms with E-state index in [1.54, 1.807) is 6.07 Å². The summed E-state index contributed by atoms with van der Waals surface area (Å²) in [6.45, 7) is 8.44. The van der Waals surface area contributed by atoms with Crippen LogP contribution in [0.5, 0.6) is 5.75 Å². The number of hydrogen-bond acceptors (Lipinski definition) is 4. The number of nitrogens with one attached hydrogen (secondary N) is 1. The molecule has 1 N–H and O–H groups in total. The SMILES string of the molecule is COc1ccc(C(C)NCC(=O)N2CCN(Cc3ccccc3C)CC2)cc1F. The molecule has 1 aliphatic heterocycles. The average molecular weight is 400 g/mol. The summed E-state index contributed by atoms with van der Waals surface area (Å²) in [5, 5.41) is 3.21. The first-order chi connectivity index (χ1) is 14.0. The van der Waals surface area contributed by atoms with E-state index in [1.165, 1.54) is 24.3 Å². The maximum absolute atomic E-state index is 13.9. The van der Waals surface area contributed by atoms with E-state index in [4.69, 9.17) is 4.74 Å². The van der Waals surface area contributed by atoms with Gasteiger partial charge < -0.3 is 15.0 Å². The molecule has 2 aromatic rings. The molecule has 0 saturated carbocycles. The molecule has 1 aliphatic rings. The van der Waals surface area contributed by atoms with Gasteiger partial charge in [-0.25, -0.2) is 4.39 Å². The first kappa shape index (κ1) is 21.3. The Morgan fingerprint density at radius 1 is 1.17 bits per heavy atom. The van der Waals surface area contributed by atoms with Gasteiger partial charge in [-0.2, -0.15) is 0 Å². The van der Waals surface area contributed by atoms with Gasteiger partial charge in [-0.05, 0) is 42.7 Å². The fraction of sp³-hybridized carbons (Fsp3) is 0.435. The Bertz CT molecular complexity index is 835. The van der Waals surface area contributed by atoms with Crippen LogP contribution in [0.25, 0.3) is 0 Å². The maximum atomic E-state index is 13.9. The highest BCUT2D eigenvalue weighted by Crippen LogP contribution is 2.21. The van der Waals surface area contributed by atoms with Crippen LogP contribution in [0.15, 0.2) is 42.5 Å². The number of nitrogens with zero attached hydrogens (tertiary/aromatic N) is 2. The van der Waals surface area contributed by atoms with Crippen LogP contribution in [0.2, 0.25) is 0 Å². The van der Waals surface area contributed by atoms with Gasteiger partial charge in [0, 0.05) is 38.8 Å². The number of carbonyl (C=O) groups excluding carboxylic acids is 1. The van der Waals surface area contributed by atoms with Crippen LogP contribution in [-0.2, 0) is 11.3 Å². The zero-order valence-corrected chi connectivity index (χ0v) is 17.5. The summed E-state index contributed by atoms with van der Waals surface area (Å²) in [5.41, 5.74) is 3.44. The minimum absolute atomic E-state index is 0.0846. The molecule has 0 radical (unpaired) electrons. The summed E-state index contributed by atoms with van der Waals surface area (Å²) >= 11 is 0. The van der Waals surface area contributed by atoms with Crippen LogP contribution < -0.4 is 10.1 Å². The van der Waals surface area contributed by atoms with Gasteiger partial charge in [0.1, 0.15) is 0 Å². The van der Waals surface area contributed by atoms with Crippen molar-refractivity contribution in [2.45, 2.75) is 26.4 Å². The van der Waals surface area contributed by atoms with Crippen LogP contribution in [0.1, 0.15) is 29.7 Å². The Hall–Kier alpha value is -2.44. The predicted octanol–water partition coefficient (Wildman–Crippen LogP) is 3.14. The molecule has 6 heteroatoms. The number of carbonyl (C=O) groups is 1. The fourth-order valence-corrected chi connectivity index (χ4v) is 3.61. The van der Waals surface area contributed by atoms with Gasteiger partial charge in [0.25, 0.3) is 0 Å². The first-order valence-electron chi connectivity index (χ1n) is 10.1. The lowest BCUT2D eigenvalue weighted by Gasteiger charge is -2.35. The normalized spacial score (nSPS) is 15.9. The van der Waals surface area contributed by atoms with Crippen molar-refractivity contribution in [2.75, 3.05) is 39.8 Å². The number of rotatable bonds is 7. The molecule has 1 amide bonds. The molecule has 1 atom stereocenters. The summed E-state index contributed by atoms with van der Waals surface area (Å²) in [5.74, 6) is -0.0864. The molecule has 3 rings (SSSR count). The van der Waals surface area contributed by atoms with E-state index in [0.29, 0.717) is 0 Å². The van der Waals surface area contributed by atoms with E-state index >= 15 is 0 Å². The highest BCUT2D eigenvalue weighted by Gasteiger charge is 2.22. The Kier molecular flexibility index (Phi) is 7.23. The molecule has 1 unspecified atom stereocenters. The Morgan fingerprint density at radius 2 is 1.90 bits per heavy atom. The highest BCUT2D eigenvalue weighted by atomic mass is 19.1. The predicted molar refractivity (Wildman–Crippen MR) is 112 cm³/mol. The zero-order chi connectivity index (χ0) is 20.8. The van der Waals surface area contributed by atoms with Crippen molar-refractivity contribution in [3.63, 3.8) is 0 Å². The molecule has 0 bridgehead atoms. The number of aryl methyl sites for hydroxylation is 1. The first-order valence-corrected chi connectivity index (χ1v) is 10.1. The summed E-state index contributed by atoms with van der Waals surface area (Å²) in [4.78, 5) is 16.9. The van der Waals surface area contributed by atoms with Crippen LogP contribution >= 0.6 is 0 Å². The van der Waals surface area contributed by atoms with E-state index in [-0.39, 0.29) is 24.2 Å². The van der Waals surface area contributed by atoms with Crippen molar-refractivity contribution in [1.82, 2.24) is 15.1 Å². The maximum Gasteiger partial charge on any atom is 0.236 e. The average Bonchev–Trinajstić information content (AvgIpc) is 2.74. The number of halogens is 1. The Morgan fingerprint density at radius 3 is 2.55 bits per heavy atom. The third-order valence-electron chi connectivity index (χ3n) is 5.62. The van der Waals surface area contributed by atoms with Gasteiger partial charge >= 0.3 is 0 Å². The van der Waals surface area contributed by atoms with Gasteiger partial charge in [0.2, 0.25) is 5.91 Å². The van der Waals surface area contributed by atoms with E-state index in [1.807, 2.05) is 17.9 Å². The molecule has 0 aromatic heterocycles. The standard InChI is InChI=1S/C23H30FN3O2/c1-17-6-4-5-7-20(17)16-26-10-12-27(13-11-26)23(28)15-25-18(2)19-8-9-22(29-3)21(24)14-19/h4-9,14,18,25H,10-13,15-16H2,1-3H3. The van der Waals surface area contributed by atoms with Crippen LogP contribution in [-0.4, -0.2) is 55.5 Å². The lowest BCUT2D eigenvalue weighted by Crippen LogP contribution is -2.50. The quantitative estimate of drug-likeness (QED) is 0.777. The molecular weight excluding hydrogens is 369 g/mol. The number of hydrogen-bond donors (Lipinski definition) is 1. The molecule has 29 heavy (non-hydrogen) atoms. The number of methoxy groups -OCH3 is 1. The zero-order valence-electron chi connectivity index (χ0n) is 17.5. The summed E-state index contributed by atoms with van der Waals surface area (Å²) in [7, 11) is 1.44. The topological polar surface area (TPSA) is 44.8 Å². The fourth-order valence-electron chi connectivity index (χ4n) is 3.61. The highest BCUT2D eigenvalue weighted by molar-refractivity contribution is 5.78. The van der Waals surface area contributed by atoms with Crippen LogP contribution in [0, 0.1) is 12.7 Å². The number of amides is 1. The monoisotopic (exact) mass is 399 g/mol. The lowest BCUT2D eigenvalue weighted by molar-refractivity contribution is -0.132. The van der Waals surface area contributed by atoms with Gasteiger partial charge in [-0.15, -0.1) is 0 Å². The van der Waals surface area contributed by atoms with Gasteiger partial charge in [0.15, 0.2) is 11.6 Å². The number of ether oxygens (including phenoxy) is 1. The summed E-state index contributed by atoms with van der Waals surface area (Å²) < 4.78 is 18.8. The summed E-state index contributed by atoms with van der Waals surface area (Å²) in [6.07, 6.45) is 0. The largest absolute Gasteiger partial charge is 0.494 e. The second-order valence-corrected chi connectivity index (χ2v) is 7.58. The lowest BCUT2D eigenvalue weighted by atomic mass is 10.1. The Balaban J connectivity index is 1.45. The minimum Gasteiger partial charge on any atom is -0.494 e. The van der Waals surface area contributed by atoms with Crippen molar-refractivity contribution in [2.24, 2.45) is 0 Å². The Labute approximate surface area is 172 Å². The van der Waals surface area contributed by atoms with Crippen molar-refractivity contribution >= 4 is 5.91 Å².